The lowest BCUT2D eigenvalue weighted by Gasteiger charge is -2.27. The molecule has 0 aromatic carbocycles. The molecule has 1 saturated carbocycles. The van der Waals surface area contributed by atoms with Gasteiger partial charge in [0.2, 0.25) is 0 Å². The topological polar surface area (TPSA) is 46.3 Å². The molecule has 0 amide bonds. The van der Waals surface area contributed by atoms with E-state index in [0.717, 1.165) is 22.3 Å². The van der Waals surface area contributed by atoms with Gasteiger partial charge in [0.25, 0.3) is 0 Å². The molecule has 0 unspecified atom stereocenters. The van der Waals surface area contributed by atoms with Crippen LogP contribution in [-0.2, 0) is 0 Å². The van der Waals surface area contributed by atoms with Crippen molar-refractivity contribution in [3.63, 3.8) is 0 Å². The number of carbonyl (C=O) groups is 1. The van der Waals surface area contributed by atoms with Crippen LogP contribution in [-0.4, -0.2) is 19.4 Å². The minimum atomic E-state index is 0.00690. The number of nitrogens with zero attached hydrogens (tertiary/aromatic N) is 1. The highest BCUT2D eigenvalue weighted by Crippen LogP contribution is 2.34. The molecule has 0 atom stereocenters. The van der Waals surface area contributed by atoms with Gasteiger partial charge in [0.1, 0.15) is 0 Å². The number of Topliss-reactive ketones (excluding diaryl/α,β-unsaturated/α-hetero) is 1. The first-order valence-corrected chi connectivity index (χ1v) is 8.45. The van der Waals surface area contributed by atoms with Crippen LogP contribution in [0.4, 0.5) is 10.7 Å². The Kier molecular flexibility index (Phi) is 5.08. The van der Waals surface area contributed by atoms with Crippen molar-refractivity contribution in [1.82, 2.24) is 0 Å². The van der Waals surface area contributed by atoms with E-state index in [-0.39, 0.29) is 11.7 Å². The predicted molar refractivity (Wildman–Crippen MR) is 87.7 cm³/mol. The van der Waals surface area contributed by atoms with E-state index < -0.39 is 0 Å². The van der Waals surface area contributed by atoms with E-state index in [2.05, 4.69) is 11.9 Å². The fourth-order valence-electron chi connectivity index (χ4n) is 2.88. The molecular weight excluding hydrogens is 268 g/mol. The van der Waals surface area contributed by atoms with Gasteiger partial charge >= 0.3 is 0 Å². The largest absolute Gasteiger partial charge is 0.397 e. The second kappa shape index (κ2) is 6.61. The average Bonchev–Trinajstić information content (AvgIpc) is 2.81. The predicted octanol–water partition coefficient (Wildman–Crippen LogP) is 4.19. The number of nitrogen functional groups attached to an aromatic ring is 1. The number of carbonyl (C=O) groups excluding carboxylic acids is 1. The summed E-state index contributed by atoms with van der Waals surface area (Å²) in [6, 6.07) is 1.96. The first-order chi connectivity index (χ1) is 9.49. The lowest BCUT2D eigenvalue weighted by molar-refractivity contribution is 0.0944. The highest BCUT2D eigenvalue weighted by atomic mass is 32.1. The average molecular weight is 294 g/mol. The summed E-state index contributed by atoms with van der Waals surface area (Å²) >= 11 is 1.54. The second-order valence-electron chi connectivity index (χ2n) is 6.27. The van der Waals surface area contributed by atoms with Crippen molar-refractivity contribution >= 4 is 27.8 Å². The van der Waals surface area contributed by atoms with Gasteiger partial charge in [-0.2, -0.15) is 0 Å². The normalized spacial score (nSPS) is 16.6. The molecule has 0 spiro atoms. The Bertz CT molecular complexity index is 461. The van der Waals surface area contributed by atoms with Crippen molar-refractivity contribution in [2.45, 2.75) is 46.0 Å². The van der Waals surface area contributed by atoms with Gasteiger partial charge in [0, 0.05) is 19.5 Å². The maximum atomic E-state index is 12.1. The van der Waals surface area contributed by atoms with Gasteiger partial charge in [-0.15, -0.1) is 11.3 Å². The maximum Gasteiger partial charge on any atom is 0.177 e. The van der Waals surface area contributed by atoms with Gasteiger partial charge in [0.15, 0.2) is 5.78 Å². The summed E-state index contributed by atoms with van der Waals surface area (Å²) in [5, 5.41) is 1.12. The summed E-state index contributed by atoms with van der Waals surface area (Å²) in [7, 11) is 2.11. The van der Waals surface area contributed by atoms with Crippen LogP contribution in [0.5, 0.6) is 0 Å². The van der Waals surface area contributed by atoms with Crippen molar-refractivity contribution in [3.8, 4) is 0 Å². The zero-order chi connectivity index (χ0) is 14.7. The molecule has 2 N–H and O–H groups in total. The third kappa shape index (κ3) is 3.54. The fourth-order valence-corrected chi connectivity index (χ4v) is 4.02. The van der Waals surface area contributed by atoms with E-state index in [1.54, 1.807) is 11.3 Å². The molecule has 1 aliphatic rings. The fraction of sp³-hybridized carbons (Fsp3) is 0.688. The number of thiophene rings is 1. The molecule has 2 rings (SSSR count). The van der Waals surface area contributed by atoms with Crippen LogP contribution >= 0.6 is 11.3 Å². The smallest absolute Gasteiger partial charge is 0.177 e. The van der Waals surface area contributed by atoms with E-state index in [0.29, 0.717) is 5.69 Å². The van der Waals surface area contributed by atoms with Crippen LogP contribution in [0.25, 0.3) is 0 Å². The van der Waals surface area contributed by atoms with Crippen molar-refractivity contribution < 1.29 is 4.79 Å². The zero-order valence-corrected chi connectivity index (χ0v) is 13.6. The molecule has 112 valence electrons. The molecule has 0 aliphatic heterocycles. The molecule has 1 fully saturated rings. The molecule has 0 bridgehead atoms. The Morgan fingerprint density at radius 3 is 2.65 bits per heavy atom. The minimum absolute atomic E-state index is 0.00690. The minimum Gasteiger partial charge on any atom is -0.397 e. The van der Waals surface area contributed by atoms with Crippen LogP contribution in [0.15, 0.2) is 6.07 Å². The summed E-state index contributed by atoms with van der Waals surface area (Å²) in [4.78, 5) is 15.1. The Morgan fingerprint density at radius 2 is 2.05 bits per heavy atom. The molecule has 4 heteroatoms. The van der Waals surface area contributed by atoms with Crippen LogP contribution in [0.2, 0.25) is 0 Å². The summed E-state index contributed by atoms with van der Waals surface area (Å²) in [6.45, 7) is 4.93. The van der Waals surface area contributed by atoms with E-state index in [1.807, 2.05) is 19.9 Å². The molecule has 3 nitrogen and oxygen atoms in total. The Hall–Kier alpha value is -1.03. The van der Waals surface area contributed by atoms with Gasteiger partial charge in [-0.1, -0.05) is 33.1 Å². The molecule has 1 aromatic heterocycles. The number of hydrogen-bond acceptors (Lipinski definition) is 4. The summed E-state index contributed by atoms with van der Waals surface area (Å²) < 4.78 is 0. The lowest BCUT2D eigenvalue weighted by atomic mass is 9.89. The molecule has 1 aromatic rings. The number of anilines is 2. The lowest BCUT2D eigenvalue weighted by Crippen LogP contribution is -2.26. The Labute approximate surface area is 126 Å². The van der Waals surface area contributed by atoms with Gasteiger partial charge in [0.05, 0.1) is 15.6 Å². The van der Waals surface area contributed by atoms with Crippen molar-refractivity contribution in [2.24, 2.45) is 11.8 Å². The molecule has 1 heterocycles. The van der Waals surface area contributed by atoms with Gasteiger partial charge in [-0.25, -0.2) is 0 Å². The summed E-state index contributed by atoms with van der Waals surface area (Å²) in [5.41, 5.74) is 6.65. The summed E-state index contributed by atoms with van der Waals surface area (Å²) in [5.74, 6) is 0.957. The molecule has 20 heavy (non-hydrogen) atoms. The van der Waals surface area contributed by atoms with Gasteiger partial charge in [-0.3, -0.25) is 4.79 Å². The van der Waals surface area contributed by atoms with E-state index in [4.69, 9.17) is 5.73 Å². The third-order valence-corrected chi connectivity index (χ3v) is 5.41. The first kappa shape index (κ1) is 15.4. The van der Waals surface area contributed by atoms with Crippen molar-refractivity contribution in [3.05, 3.63) is 10.9 Å². The SMILES string of the molecule is CC(C)C(=O)c1sc(N(C)CC2CCCCC2)cc1N. The highest BCUT2D eigenvalue weighted by molar-refractivity contribution is 7.18. The summed E-state index contributed by atoms with van der Waals surface area (Å²) in [6.07, 6.45) is 6.79. The van der Waals surface area contributed by atoms with Crippen LogP contribution in [0.1, 0.15) is 55.6 Å². The van der Waals surface area contributed by atoms with Crippen LogP contribution in [0, 0.1) is 11.8 Å². The zero-order valence-electron chi connectivity index (χ0n) is 12.8. The van der Waals surface area contributed by atoms with Gasteiger partial charge < -0.3 is 10.6 Å². The number of nitrogens with two attached hydrogens (primary N) is 1. The maximum absolute atomic E-state index is 12.1. The van der Waals surface area contributed by atoms with E-state index in [9.17, 15) is 4.79 Å². The van der Waals surface area contributed by atoms with Crippen LogP contribution < -0.4 is 10.6 Å². The second-order valence-corrected chi connectivity index (χ2v) is 7.30. The first-order valence-electron chi connectivity index (χ1n) is 7.63. The Morgan fingerprint density at radius 1 is 1.40 bits per heavy atom. The van der Waals surface area contributed by atoms with E-state index >= 15 is 0 Å². The van der Waals surface area contributed by atoms with Crippen molar-refractivity contribution in [1.29, 1.82) is 0 Å². The van der Waals surface area contributed by atoms with Crippen molar-refractivity contribution in [2.75, 3.05) is 24.2 Å². The molecule has 1 aliphatic carbocycles. The monoisotopic (exact) mass is 294 g/mol. The highest BCUT2D eigenvalue weighted by Gasteiger charge is 2.21. The number of ketones is 1. The van der Waals surface area contributed by atoms with E-state index in [1.165, 1.54) is 32.1 Å². The molecule has 0 saturated heterocycles. The van der Waals surface area contributed by atoms with Gasteiger partial charge in [-0.05, 0) is 24.8 Å². The number of hydrogen-bond donors (Lipinski definition) is 1. The third-order valence-electron chi connectivity index (χ3n) is 4.13. The number of rotatable bonds is 5. The quantitative estimate of drug-likeness (QED) is 0.828. The standard InChI is InChI=1S/C16H26N2OS/c1-11(2)15(19)16-13(17)9-14(20-16)18(3)10-12-7-5-4-6-8-12/h9,11-12H,4-8,10,17H2,1-3H3. The Balaban J connectivity index is 2.04. The molecular formula is C16H26N2OS. The van der Waals surface area contributed by atoms with Crippen LogP contribution in [0.3, 0.4) is 0 Å². The molecule has 0 radical (unpaired) electrons.